The Labute approximate surface area is 79.3 Å². The Bertz CT molecular complexity index is 502. The molecule has 68 valence electrons. The third-order valence-electron chi connectivity index (χ3n) is 1.82. The van der Waals surface area contributed by atoms with Gasteiger partial charge in [0.05, 0.1) is 11.0 Å². The smallest absolute Gasteiger partial charge is 0.221 e. The fourth-order valence-corrected chi connectivity index (χ4v) is 1.19. The summed E-state index contributed by atoms with van der Waals surface area (Å²) >= 11 is 0. The van der Waals surface area contributed by atoms with Crippen LogP contribution in [-0.4, -0.2) is 20.9 Å². The summed E-state index contributed by atoms with van der Waals surface area (Å²) in [6.45, 7) is 0. The minimum Gasteiger partial charge on any atom is -0.410 e. The number of para-hydroxylation sites is 2. The average molecular weight is 186 g/mol. The minimum absolute atomic E-state index is 0.124. The number of aromatic nitrogens is 2. The number of fused-ring (bicyclic) bond motifs is 1. The van der Waals surface area contributed by atoms with Crippen molar-refractivity contribution in [3.63, 3.8) is 0 Å². The highest BCUT2D eigenvalue weighted by molar-refractivity contribution is 6.10. The van der Waals surface area contributed by atoms with E-state index in [0.717, 1.165) is 11.0 Å². The Kier molecular flexibility index (Phi) is 1.88. The van der Waals surface area contributed by atoms with E-state index in [0.29, 0.717) is 0 Å². The predicted molar refractivity (Wildman–Crippen MR) is 50.0 cm³/mol. The Hall–Kier alpha value is -2.35. The molecule has 1 aromatic heterocycles. The Morgan fingerprint density at radius 2 is 2.29 bits per heavy atom. The molecular formula is C9H6N4O. The highest BCUT2D eigenvalue weighted by atomic mass is 16.4. The van der Waals surface area contributed by atoms with Crippen LogP contribution in [0.3, 0.4) is 0 Å². The van der Waals surface area contributed by atoms with Crippen LogP contribution in [0.1, 0.15) is 5.82 Å². The third-order valence-corrected chi connectivity index (χ3v) is 1.82. The highest BCUT2D eigenvalue weighted by Crippen LogP contribution is 2.10. The Morgan fingerprint density at radius 1 is 1.50 bits per heavy atom. The highest BCUT2D eigenvalue weighted by Gasteiger charge is 2.08. The topological polar surface area (TPSA) is 85.1 Å². The molecule has 0 amide bonds. The van der Waals surface area contributed by atoms with Gasteiger partial charge in [-0.2, -0.15) is 5.26 Å². The van der Waals surface area contributed by atoms with E-state index in [1.54, 1.807) is 6.07 Å². The van der Waals surface area contributed by atoms with Crippen molar-refractivity contribution in [2.24, 2.45) is 5.16 Å². The molecule has 0 spiro atoms. The van der Waals surface area contributed by atoms with Gasteiger partial charge in [-0.1, -0.05) is 17.3 Å². The first-order valence-electron chi connectivity index (χ1n) is 3.92. The molecular weight excluding hydrogens is 180 g/mol. The van der Waals surface area contributed by atoms with Crippen molar-refractivity contribution in [3.8, 4) is 6.07 Å². The number of benzene rings is 1. The van der Waals surface area contributed by atoms with Gasteiger partial charge >= 0.3 is 0 Å². The van der Waals surface area contributed by atoms with Gasteiger partial charge in [0.15, 0.2) is 5.82 Å². The summed E-state index contributed by atoms with van der Waals surface area (Å²) in [7, 11) is 0. The molecule has 5 nitrogen and oxygen atoms in total. The molecule has 0 aliphatic rings. The van der Waals surface area contributed by atoms with Crippen molar-refractivity contribution in [2.45, 2.75) is 0 Å². The lowest BCUT2D eigenvalue weighted by molar-refractivity contribution is 0.320. The first-order chi connectivity index (χ1) is 6.85. The van der Waals surface area contributed by atoms with Gasteiger partial charge < -0.3 is 10.2 Å². The van der Waals surface area contributed by atoms with Crippen molar-refractivity contribution < 1.29 is 5.21 Å². The summed E-state index contributed by atoms with van der Waals surface area (Å²) < 4.78 is 0. The molecule has 1 aromatic carbocycles. The second-order valence-corrected chi connectivity index (χ2v) is 2.66. The maximum absolute atomic E-state index is 8.60. The molecule has 14 heavy (non-hydrogen) atoms. The normalized spacial score (nSPS) is 11.5. The van der Waals surface area contributed by atoms with Crippen LogP contribution in [0.2, 0.25) is 0 Å². The SMILES string of the molecule is N#CC(=NO)c1nc2ccccc2[nH]1. The molecule has 5 heteroatoms. The first kappa shape index (κ1) is 8.26. The van der Waals surface area contributed by atoms with Crippen LogP contribution in [0.15, 0.2) is 29.4 Å². The van der Waals surface area contributed by atoms with Crippen LogP contribution in [0, 0.1) is 11.3 Å². The molecule has 0 saturated carbocycles. The van der Waals surface area contributed by atoms with Crippen molar-refractivity contribution in [3.05, 3.63) is 30.1 Å². The number of imidazole rings is 1. The second-order valence-electron chi connectivity index (χ2n) is 2.66. The van der Waals surface area contributed by atoms with Gasteiger partial charge in [-0.25, -0.2) is 4.98 Å². The summed E-state index contributed by atoms with van der Waals surface area (Å²) in [5.41, 5.74) is 1.42. The zero-order valence-corrected chi connectivity index (χ0v) is 7.10. The maximum atomic E-state index is 8.60. The molecule has 2 aromatic rings. The number of H-pyrrole nitrogens is 1. The van der Waals surface area contributed by atoms with E-state index in [1.165, 1.54) is 0 Å². The molecule has 0 bridgehead atoms. The van der Waals surface area contributed by atoms with Crippen LogP contribution in [-0.2, 0) is 0 Å². The predicted octanol–water partition coefficient (Wildman–Crippen LogP) is 1.26. The van der Waals surface area contributed by atoms with E-state index in [2.05, 4.69) is 15.1 Å². The van der Waals surface area contributed by atoms with Gasteiger partial charge in [0.25, 0.3) is 0 Å². The molecule has 0 atom stereocenters. The van der Waals surface area contributed by atoms with Crippen molar-refractivity contribution in [1.82, 2.24) is 9.97 Å². The lowest BCUT2D eigenvalue weighted by Crippen LogP contribution is -1.99. The lowest BCUT2D eigenvalue weighted by atomic mass is 10.3. The zero-order valence-electron chi connectivity index (χ0n) is 7.10. The zero-order chi connectivity index (χ0) is 9.97. The number of nitrogens with zero attached hydrogens (tertiary/aromatic N) is 3. The van der Waals surface area contributed by atoms with Gasteiger partial charge in [-0.15, -0.1) is 0 Å². The van der Waals surface area contributed by atoms with E-state index in [9.17, 15) is 0 Å². The van der Waals surface area contributed by atoms with Gasteiger partial charge in [-0.05, 0) is 12.1 Å². The van der Waals surface area contributed by atoms with Crippen LogP contribution < -0.4 is 0 Å². The van der Waals surface area contributed by atoms with Gasteiger partial charge in [0.1, 0.15) is 6.07 Å². The molecule has 1 heterocycles. The number of aromatic amines is 1. The first-order valence-corrected chi connectivity index (χ1v) is 3.92. The molecule has 0 fully saturated rings. The van der Waals surface area contributed by atoms with Crippen molar-refractivity contribution in [2.75, 3.05) is 0 Å². The number of nitrogens with one attached hydrogen (secondary N) is 1. The summed E-state index contributed by atoms with van der Waals surface area (Å²) in [4.78, 5) is 6.96. The Morgan fingerprint density at radius 3 is 2.93 bits per heavy atom. The van der Waals surface area contributed by atoms with Crippen molar-refractivity contribution in [1.29, 1.82) is 5.26 Å². The summed E-state index contributed by atoms with van der Waals surface area (Å²) in [5.74, 6) is 0.274. The number of nitriles is 1. The summed E-state index contributed by atoms with van der Waals surface area (Å²) in [5, 5.41) is 19.9. The van der Waals surface area contributed by atoms with Crippen LogP contribution >= 0.6 is 0 Å². The maximum Gasteiger partial charge on any atom is 0.221 e. The summed E-state index contributed by atoms with van der Waals surface area (Å²) in [6, 6.07) is 9.07. The van der Waals surface area contributed by atoms with E-state index >= 15 is 0 Å². The fourth-order valence-electron chi connectivity index (χ4n) is 1.19. The van der Waals surface area contributed by atoms with E-state index in [-0.39, 0.29) is 11.5 Å². The van der Waals surface area contributed by atoms with E-state index in [4.69, 9.17) is 10.5 Å². The molecule has 2 N–H and O–H groups in total. The molecule has 0 radical (unpaired) electrons. The minimum atomic E-state index is -0.124. The van der Waals surface area contributed by atoms with Gasteiger partial charge in [-0.3, -0.25) is 0 Å². The molecule has 0 aliphatic heterocycles. The van der Waals surface area contributed by atoms with E-state index in [1.807, 2.05) is 24.3 Å². The largest absolute Gasteiger partial charge is 0.410 e. The fraction of sp³-hybridized carbons (Fsp3) is 0. The lowest BCUT2D eigenvalue weighted by Gasteiger charge is -1.85. The number of hydrogen-bond acceptors (Lipinski definition) is 4. The molecule has 0 aliphatic carbocycles. The number of hydrogen-bond donors (Lipinski definition) is 2. The van der Waals surface area contributed by atoms with Crippen molar-refractivity contribution >= 4 is 16.7 Å². The molecule has 2 rings (SSSR count). The average Bonchev–Trinajstić information content (AvgIpc) is 2.63. The number of rotatable bonds is 1. The standard InChI is InChI=1S/C9H6N4O/c10-5-8(13-14)9-11-6-3-1-2-4-7(6)12-9/h1-4,14H,(H,11,12). The Balaban J connectivity index is 2.62. The third kappa shape index (κ3) is 1.19. The quantitative estimate of drug-likeness (QED) is 0.399. The van der Waals surface area contributed by atoms with Crippen LogP contribution in [0.25, 0.3) is 11.0 Å². The van der Waals surface area contributed by atoms with Crippen LogP contribution in [0.4, 0.5) is 0 Å². The second kappa shape index (κ2) is 3.18. The van der Waals surface area contributed by atoms with Crippen LogP contribution in [0.5, 0.6) is 0 Å². The molecule has 0 saturated heterocycles. The van der Waals surface area contributed by atoms with E-state index < -0.39 is 0 Å². The van der Waals surface area contributed by atoms with Gasteiger partial charge in [0, 0.05) is 0 Å². The van der Waals surface area contributed by atoms with Gasteiger partial charge in [0.2, 0.25) is 5.71 Å². The summed E-state index contributed by atoms with van der Waals surface area (Å²) in [6.07, 6.45) is 0. The number of oxime groups is 1. The monoisotopic (exact) mass is 186 g/mol. The molecule has 0 unspecified atom stereocenters.